The molecule has 0 unspecified atom stereocenters. The van der Waals surface area contributed by atoms with Gasteiger partial charge in [0.15, 0.2) is 0 Å². The van der Waals surface area contributed by atoms with Crippen molar-refractivity contribution in [2.75, 3.05) is 24.5 Å². The van der Waals surface area contributed by atoms with E-state index in [4.69, 9.17) is 10.5 Å². The van der Waals surface area contributed by atoms with Gasteiger partial charge in [-0.1, -0.05) is 24.3 Å². The number of halogens is 3. The summed E-state index contributed by atoms with van der Waals surface area (Å²) < 4.78 is 47.5. The number of alkyl carbamates (subject to hydrolysis) is 1. The second kappa shape index (κ2) is 9.59. The van der Waals surface area contributed by atoms with Crippen molar-refractivity contribution in [2.45, 2.75) is 44.5 Å². The number of aliphatic imine (C=N–C) groups is 1. The van der Waals surface area contributed by atoms with E-state index in [0.29, 0.717) is 49.2 Å². The Kier molecular flexibility index (Phi) is 6.73. The molecule has 1 aromatic carbocycles. The topological polar surface area (TPSA) is 92.8 Å². The van der Waals surface area contributed by atoms with Crippen LogP contribution in [0, 0.1) is 0 Å². The van der Waals surface area contributed by atoms with E-state index in [2.05, 4.69) is 15.3 Å². The van der Waals surface area contributed by atoms with E-state index < -0.39 is 23.4 Å². The SMILES string of the molecule is CC(C)N=CC(=CN)c1ccc(-c2cncc(C(F)(F)F)c2N2CCC3(CC2)CNC(=O)O3)cc1. The molecule has 7 nitrogen and oxygen atoms in total. The summed E-state index contributed by atoms with van der Waals surface area (Å²) in [5.74, 6) is 0. The van der Waals surface area contributed by atoms with Crippen LogP contribution in [-0.4, -0.2) is 48.6 Å². The molecule has 0 radical (unpaired) electrons. The molecule has 1 spiro atoms. The number of pyridine rings is 1. The number of benzene rings is 1. The molecule has 1 amide bonds. The van der Waals surface area contributed by atoms with Gasteiger partial charge in [0.05, 0.1) is 17.8 Å². The zero-order valence-corrected chi connectivity index (χ0v) is 19.6. The number of aromatic nitrogens is 1. The van der Waals surface area contributed by atoms with Crippen molar-refractivity contribution in [2.24, 2.45) is 10.7 Å². The van der Waals surface area contributed by atoms with Crippen molar-refractivity contribution in [1.82, 2.24) is 10.3 Å². The molecule has 10 heteroatoms. The first kappa shape index (κ1) is 24.6. The number of rotatable bonds is 5. The molecule has 3 N–H and O–H groups in total. The second-order valence-electron chi connectivity index (χ2n) is 9.07. The highest BCUT2D eigenvalue weighted by molar-refractivity contribution is 6.09. The van der Waals surface area contributed by atoms with Crippen LogP contribution >= 0.6 is 0 Å². The highest BCUT2D eigenvalue weighted by atomic mass is 19.4. The lowest BCUT2D eigenvalue weighted by Crippen LogP contribution is -2.47. The Morgan fingerprint density at radius 2 is 1.91 bits per heavy atom. The smallest absolute Gasteiger partial charge is 0.419 e. The molecule has 0 atom stereocenters. The number of nitrogens with zero attached hydrogens (tertiary/aromatic N) is 3. The van der Waals surface area contributed by atoms with Crippen LogP contribution in [0.4, 0.5) is 23.7 Å². The second-order valence-corrected chi connectivity index (χ2v) is 9.07. The Morgan fingerprint density at radius 1 is 1.23 bits per heavy atom. The van der Waals surface area contributed by atoms with Crippen molar-refractivity contribution >= 4 is 23.6 Å². The summed E-state index contributed by atoms with van der Waals surface area (Å²) >= 11 is 0. The van der Waals surface area contributed by atoms with Crippen LogP contribution in [-0.2, 0) is 10.9 Å². The van der Waals surface area contributed by atoms with Gasteiger partial charge in [0.1, 0.15) is 5.60 Å². The molecule has 3 heterocycles. The summed E-state index contributed by atoms with van der Waals surface area (Å²) in [5, 5.41) is 2.65. The lowest BCUT2D eigenvalue weighted by atomic mass is 9.90. The number of hydrogen-bond acceptors (Lipinski definition) is 6. The number of carbonyl (C=O) groups excluding carboxylic acids is 1. The first-order valence-corrected chi connectivity index (χ1v) is 11.4. The number of ether oxygens (including phenoxy) is 1. The van der Waals surface area contributed by atoms with Crippen molar-refractivity contribution in [1.29, 1.82) is 0 Å². The van der Waals surface area contributed by atoms with E-state index in [1.54, 1.807) is 35.4 Å². The molecule has 2 saturated heterocycles. The van der Waals surface area contributed by atoms with E-state index >= 15 is 0 Å². The monoisotopic (exact) mass is 487 g/mol. The van der Waals surface area contributed by atoms with Gasteiger partial charge < -0.3 is 20.7 Å². The Balaban J connectivity index is 1.68. The van der Waals surface area contributed by atoms with Crippen LogP contribution < -0.4 is 16.0 Å². The lowest BCUT2D eigenvalue weighted by Gasteiger charge is -2.39. The Labute approximate surface area is 201 Å². The van der Waals surface area contributed by atoms with Crippen molar-refractivity contribution in [3.8, 4) is 11.1 Å². The van der Waals surface area contributed by atoms with Gasteiger partial charge in [-0.15, -0.1) is 0 Å². The first-order valence-electron chi connectivity index (χ1n) is 11.4. The maximum atomic E-state index is 14.0. The molecule has 0 aliphatic carbocycles. The van der Waals surface area contributed by atoms with Gasteiger partial charge >= 0.3 is 12.3 Å². The zero-order valence-electron chi connectivity index (χ0n) is 19.6. The summed E-state index contributed by atoms with van der Waals surface area (Å²) in [7, 11) is 0. The van der Waals surface area contributed by atoms with Crippen LogP contribution in [0.1, 0.15) is 37.8 Å². The van der Waals surface area contributed by atoms with Crippen LogP contribution in [0.2, 0.25) is 0 Å². The summed E-state index contributed by atoms with van der Waals surface area (Å²) in [6, 6.07) is 7.24. The molecule has 2 aliphatic heterocycles. The third kappa shape index (κ3) is 5.26. The number of nitrogens with two attached hydrogens (primary N) is 1. The van der Waals surface area contributed by atoms with Crippen LogP contribution in [0.3, 0.4) is 0 Å². The van der Waals surface area contributed by atoms with E-state index in [0.717, 1.165) is 11.8 Å². The average Bonchev–Trinajstić information content (AvgIpc) is 3.19. The van der Waals surface area contributed by atoms with Gasteiger partial charge in [-0.2, -0.15) is 13.2 Å². The predicted molar refractivity (Wildman–Crippen MR) is 129 cm³/mol. The molecule has 0 saturated carbocycles. The number of alkyl halides is 3. The predicted octanol–water partition coefficient (Wildman–Crippen LogP) is 4.63. The molecule has 186 valence electrons. The summed E-state index contributed by atoms with van der Waals surface area (Å²) in [5.41, 5.74) is 6.90. The summed E-state index contributed by atoms with van der Waals surface area (Å²) in [6.45, 7) is 4.91. The van der Waals surface area contributed by atoms with Gasteiger partial charge in [0.2, 0.25) is 0 Å². The molecule has 2 fully saturated rings. The van der Waals surface area contributed by atoms with Crippen molar-refractivity contribution in [3.05, 3.63) is 54.0 Å². The first-order chi connectivity index (χ1) is 16.6. The minimum Gasteiger partial charge on any atom is -0.441 e. The van der Waals surface area contributed by atoms with E-state index in [1.807, 2.05) is 13.8 Å². The molecule has 2 aromatic rings. The molecular formula is C25H28F3N5O2. The van der Waals surface area contributed by atoms with Gasteiger partial charge in [0, 0.05) is 67.9 Å². The molecule has 0 bridgehead atoms. The average molecular weight is 488 g/mol. The van der Waals surface area contributed by atoms with Crippen LogP contribution in [0.25, 0.3) is 16.7 Å². The Hall–Kier alpha value is -3.56. The number of piperidine rings is 1. The van der Waals surface area contributed by atoms with E-state index in [-0.39, 0.29) is 11.7 Å². The van der Waals surface area contributed by atoms with Crippen molar-refractivity contribution < 1.29 is 22.7 Å². The molecule has 1 aromatic heterocycles. The number of nitrogens with one attached hydrogen (secondary N) is 1. The maximum Gasteiger partial charge on any atom is 0.419 e. The third-order valence-corrected chi connectivity index (χ3v) is 6.30. The van der Waals surface area contributed by atoms with Gasteiger partial charge in [-0.25, -0.2) is 4.79 Å². The summed E-state index contributed by atoms with van der Waals surface area (Å²) in [6.07, 6.45) is 1.28. The fourth-order valence-corrected chi connectivity index (χ4v) is 4.42. The maximum absolute atomic E-state index is 14.0. The zero-order chi connectivity index (χ0) is 25.2. The molecule has 35 heavy (non-hydrogen) atoms. The van der Waals surface area contributed by atoms with Gasteiger partial charge in [0.25, 0.3) is 0 Å². The van der Waals surface area contributed by atoms with E-state index in [9.17, 15) is 18.0 Å². The Morgan fingerprint density at radius 3 is 2.46 bits per heavy atom. The van der Waals surface area contributed by atoms with Gasteiger partial charge in [-0.3, -0.25) is 9.98 Å². The minimum atomic E-state index is -4.57. The summed E-state index contributed by atoms with van der Waals surface area (Å²) in [4.78, 5) is 21.5. The number of allylic oxidation sites excluding steroid dienone is 1. The minimum absolute atomic E-state index is 0.0864. The van der Waals surface area contributed by atoms with Crippen LogP contribution in [0.15, 0.2) is 47.9 Å². The number of amides is 1. The molecule has 4 rings (SSSR count). The number of anilines is 1. The molecular weight excluding hydrogens is 459 g/mol. The number of hydrogen-bond donors (Lipinski definition) is 2. The fraction of sp³-hybridized carbons (Fsp3) is 0.400. The standard InChI is InChI=1S/C25H28F3N5O2/c1-16(2)31-12-19(11-29)17-3-5-18(6-4-17)20-13-30-14-21(25(26,27)28)22(20)33-9-7-24(8-10-33)15-32-23(34)35-24/h3-6,11-14,16H,7-10,15,29H2,1-2H3,(H,32,34). The largest absolute Gasteiger partial charge is 0.441 e. The lowest BCUT2D eigenvalue weighted by molar-refractivity contribution is -0.137. The highest BCUT2D eigenvalue weighted by Crippen LogP contribution is 2.44. The Bertz CT molecular complexity index is 1130. The van der Waals surface area contributed by atoms with Crippen LogP contribution in [0.5, 0.6) is 0 Å². The quantitative estimate of drug-likeness (QED) is 0.600. The fourth-order valence-electron chi connectivity index (χ4n) is 4.42. The number of carbonyl (C=O) groups is 1. The molecule has 2 aliphatic rings. The van der Waals surface area contributed by atoms with Crippen molar-refractivity contribution in [3.63, 3.8) is 0 Å². The third-order valence-electron chi connectivity index (χ3n) is 6.30. The normalized spacial score (nSPS) is 18.4. The van der Waals surface area contributed by atoms with Gasteiger partial charge in [-0.05, 0) is 25.0 Å². The highest BCUT2D eigenvalue weighted by Gasteiger charge is 2.45. The van der Waals surface area contributed by atoms with E-state index in [1.165, 1.54) is 12.4 Å².